The summed E-state index contributed by atoms with van der Waals surface area (Å²) in [6.45, 7) is 2.73. The largest absolute Gasteiger partial charge is 0.481 e. The Hall–Kier alpha value is -2.21. The third-order valence-corrected chi connectivity index (χ3v) is 2.47. The van der Waals surface area contributed by atoms with Gasteiger partial charge in [0.1, 0.15) is 12.4 Å². The standard InChI is InChI=1S/C13H15N3O3/c1-3-19-8-11-15-10(6-12(17)16-11)9-4-5-13(18-2)14-7-9/h4-7H,3,8H2,1-2H3,(H,15,16,17). The summed E-state index contributed by atoms with van der Waals surface area (Å²) >= 11 is 0. The van der Waals surface area contributed by atoms with Crippen molar-refractivity contribution in [3.05, 3.63) is 40.6 Å². The van der Waals surface area contributed by atoms with Crippen LogP contribution in [0.5, 0.6) is 5.88 Å². The first-order chi connectivity index (χ1) is 9.22. The molecule has 0 aliphatic rings. The summed E-state index contributed by atoms with van der Waals surface area (Å²) < 4.78 is 10.2. The van der Waals surface area contributed by atoms with Gasteiger partial charge in [-0.25, -0.2) is 9.97 Å². The number of nitrogens with zero attached hydrogens (tertiary/aromatic N) is 2. The average molecular weight is 261 g/mol. The van der Waals surface area contributed by atoms with Crippen LogP contribution in [0.15, 0.2) is 29.2 Å². The van der Waals surface area contributed by atoms with Crippen molar-refractivity contribution in [2.75, 3.05) is 13.7 Å². The minimum Gasteiger partial charge on any atom is -0.481 e. The number of pyridine rings is 1. The molecule has 6 heteroatoms. The summed E-state index contributed by atoms with van der Waals surface area (Å²) in [5, 5.41) is 0. The number of ether oxygens (including phenoxy) is 2. The van der Waals surface area contributed by atoms with E-state index in [0.717, 1.165) is 5.56 Å². The fraction of sp³-hybridized carbons (Fsp3) is 0.308. The zero-order chi connectivity index (χ0) is 13.7. The quantitative estimate of drug-likeness (QED) is 0.879. The number of methoxy groups -OCH3 is 1. The summed E-state index contributed by atoms with van der Waals surface area (Å²) in [6.07, 6.45) is 1.62. The molecule has 0 bridgehead atoms. The molecule has 0 saturated carbocycles. The number of hydrogen-bond donors (Lipinski definition) is 1. The Morgan fingerprint density at radius 3 is 2.84 bits per heavy atom. The van der Waals surface area contributed by atoms with Crippen molar-refractivity contribution in [3.8, 4) is 17.1 Å². The van der Waals surface area contributed by atoms with E-state index in [2.05, 4.69) is 15.0 Å². The summed E-state index contributed by atoms with van der Waals surface area (Å²) in [4.78, 5) is 22.6. The van der Waals surface area contributed by atoms with Crippen LogP contribution in [-0.2, 0) is 11.3 Å². The zero-order valence-corrected chi connectivity index (χ0v) is 10.8. The van der Waals surface area contributed by atoms with Gasteiger partial charge in [0.25, 0.3) is 5.56 Å². The van der Waals surface area contributed by atoms with Gasteiger partial charge in [0.2, 0.25) is 5.88 Å². The van der Waals surface area contributed by atoms with Crippen molar-refractivity contribution < 1.29 is 9.47 Å². The minimum absolute atomic E-state index is 0.212. The summed E-state index contributed by atoms with van der Waals surface area (Å²) in [5.74, 6) is 1.02. The highest BCUT2D eigenvalue weighted by atomic mass is 16.5. The fourth-order valence-corrected chi connectivity index (χ4v) is 1.58. The Balaban J connectivity index is 2.32. The highest BCUT2D eigenvalue weighted by Crippen LogP contribution is 2.16. The summed E-state index contributed by atoms with van der Waals surface area (Å²) in [5.41, 5.74) is 1.11. The summed E-state index contributed by atoms with van der Waals surface area (Å²) in [7, 11) is 1.55. The second kappa shape index (κ2) is 6.10. The molecule has 0 amide bonds. The molecule has 2 heterocycles. The Labute approximate surface area is 110 Å². The molecule has 0 spiro atoms. The van der Waals surface area contributed by atoms with Crippen LogP contribution < -0.4 is 10.3 Å². The van der Waals surface area contributed by atoms with E-state index in [1.807, 2.05) is 6.92 Å². The molecule has 0 saturated heterocycles. The van der Waals surface area contributed by atoms with Crippen molar-refractivity contribution in [1.29, 1.82) is 0 Å². The molecule has 0 aromatic carbocycles. The molecule has 0 fully saturated rings. The van der Waals surface area contributed by atoms with E-state index < -0.39 is 0 Å². The van der Waals surface area contributed by atoms with Crippen LogP contribution in [0.4, 0.5) is 0 Å². The van der Waals surface area contributed by atoms with Crippen LogP contribution in [-0.4, -0.2) is 28.7 Å². The molecule has 0 unspecified atom stereocenters. The predicted molar refractivity (Wildman–Crippen MR) is 70.0 cm³/mol. The molecule has 0 atom stereocenters. The molecule has 19 heavy (non-hydrogen) atoms. The van der Waals surface area contributed by atoms with Gasteiger partial charge in [-0.05, 0) is 13.0 Å². The molecule has 6 nitrogen and oxygen atoms in total. The second-order valence-corrected chi connectivity index (χ2v) is 3.80. The highest BCUT2D eigenvalue weighted by Gasteiger charge is 2.05. The van der Waals surface area contributed by atoms with Crippen LogP contribution >= 0.6 is 0 Å². The average Bonchev–Trinajstić information content (AvgIpc) is 2.44. The van der Waals surface area contributed by atoms with E-state index in [9.17, 15) is 4.79 Å². The lowest BCUT2D eigenvalue weighted by atomic mass is 10.2. The molecular weight excluding hydrogens is 246 g/mol. The SMILES string of the molecule is CCOCc1nc(-c2ccc(OC)nc2)cc(=O)[nH]1. The van der Waals surface area contributed by atoms with E-state index in [0.29, 0.717) is 24.0 Å². The van der Waals surface area contributed by atoms with Crippen molar-refractivity contribution in [2.24, 2.45) is 0 Å². The van der Waals surface area contributed by atoms with Gasteiger partial charge in [0.15, 0.2) is 0 Å². The lowest BCUT2D eigenvalue weighted by Gasteiger charge is -2.05. The van der Waals surface area contributed by atoms with Crippen LogP contribution in [0.2, 0.25) is 0 Å². The monoisotopic (exact) mass is 261 g/mol. The second-order valence-electron chi connectivity index (χ2n) is 3.80. The molecule has 2 aromatic rings. The lowest BCUT2D eigenvalue weighted by Crippen LogP contribution is -2.12. The number of aromatic amines is 1. The molecular formula is C13H15N3O3. The van der Waals surface area contributed by atoms with E-state index in [4.69, 9.17) is 9.47 Å². The molecule has 0 aliphatic carbocycles. The first kappa shape index (κ1) is 13.2. The van der Waals surface area contributed by atoms with Crippen molar-refractivity contribution in [2.45, 2.75) is 13.5 Å². The van der Waals surface area contributed by atoms with Crippen molar-refractivity contribution >= 4 is 0 Å². The number of hydrogen-bond acceptors (Lipinski definition) is 5. The van der Waals surface area contributed by atoms with E-state index in [1.165, 1.54) is 6.07 Å². The van der Waals surface area contributed by atoms with Gasteiger partial charge >= 0.3 is 0 Å². The van der Waals surface area contributed by atoms with Crippen molar-refractivity contribution in [3.63, 3.8) is 0 Å². The van der Waals surface area contributed by atoms with Crippen LogP contribution in [0, 0.1) is 0 Å². The third kappa shape index (κ3) is 3.38. The first-order valence-corrected chi connectivity index (χ1v) is 5.91. The number of H-pyrrole nitrogens is 1. The van der Waals surface area contributed by atoms with E-state index >= 15 is 0 Å². The van der Waals surface area contributed by atoms with Gasteiger partial charge in [-0.15, -0.1) is 0 Å². The van der Waals surface area contributed by atoms with Crippen LogP contribution in [0.3, 0.4) is 0 Å². The molecule has 2 aromatic heterocycles. The third-order valence-electron chi connectivity index (χ3n) is 2.47. The highest BCUT2D eigenvalue weighted by molar-refractivity contribution is 5.57. The van der Waals surface area contributed by atoms with Gasteiger partial charge in [-0.2, -0.15) is 0 Å². The van der Waals surface area contributed by atoms with Gasteiger partial charge in [-0.1, -0.05) is 0 Å². The number of aromatic nitrogens is 3. The maximum Gasteiger partial charge on any atom is 0.251 e. The molecule has 1 N–H and O–H groups in total. The molecule has 0 aliphatic heterocycles. The first-order valence-electron chi connectivity index (χ1n) is 5.91. The van der Waals surface area contributed by atoms with Crippen molar-refractivity contribution in [1.82, 2.24) is 15.0 Å². The normalized spacial score (nSPS) is 10.4. The van der Waals surface area contributed by atoms with Gasteiger partial charge in [-0.3, -0.25) is 4.79 Å². The maximum atomic E-state index is 11.6. The maximum absolute atomic E-state index is 11.6. The number of rotatable bonds is 5. The van der Waals surface area contributed by atoms with Gasteiger partial charge in [0.05, 0.1) is 12.8 Å². The van der Waals surface area contributed by atoms with Crippen LogP contribution in [0.25, 0.3) is 11.3 Å². The van der Waals surface area contributed by atoms with Gasteiger partial charge < -0.3 is 14.5 Å². The molecule has 100 valence electrons. The Kier molecular flexibility index (Phi) is 4.25. The summed E-state index contributed by atoms with van der Waals surface area (Å²) in [6, 6.07) is 4.96. The number of nitrogens with one attached hydrogen (secondary N) is 1. The minimum atomic E-state index is -0.212. The Bertz CT molecular complexity index is 593. The van der Waals surface area contributed by atoms with E-state index in [-0.39, 0.29) is 12.2 Å². The molecule has 0 radical (unpaired) electrons. The van der Waals surface area contributed by atoms with Crippen LogP contribution in [0.1, 0.15) is 12.7 Å². The van der Waals surface area contributed by atoms with E-state index in [1.54, 1.807) is 25.4 Å². The molecule has 2 rings (SSSR count). The predicted octanol–water partition coefficient (Wildman–Crippen LogP) is 1.38. The Morgan fingerprint density at radius 2 is 2.21 bits per heavy atom. The van der Waals surface area contributed by atoms with Gasteiger partial charge in [0, 0.05) is 30.5 Å². The topological polar surface area (TPSA) is 77.1 Å². The Morgan fingerprint density at radius 1 is 1.37 bits per heavy atom. The smallest absolute Gasteiger partial charge is 0.251 e. The lowest BCUT2D eigenvalue weighted by molar-refractivity contribution is 0.128. The zero-order valence-electron chi connectivity index (χ0n) is 10.8. The fourth-order valence-electron chi connectivity index (χ4n) is 1.58.